The molecule has 1 fully saturated rings. The Hall–Kier alpha value is -1.66. The molecule has 0 bridgehead atoms. The monoisotopic (exact) mass is 414 g/mol. The largest absolute Gasteiger partial charge is 0.493 e. The summed E-state index contributed by atoms with van der Waals surface area (Å²) in [5.41, 5.74) is 0.932. The SMILES string of the molecule is COc1ccc(CCC(=O)NCCNC2CCCCCC2)c(OC)c1OC.Cl. The fourth-order valence-electron chi connectivity index (χ4n) is 3.66. The van der Waals surface area contributed by atoms with Gasteiger partial charge in [-0.2, -0.15) is 0 Å². The summed E-state index contributed by atoms with van der Waals surface area (Å²) in [4.78, 5) is 12.2. The van der Waals surface area contributed by atoms with Crippen molar-refractivity contribution in [2.24, 2.45) is 0 Å². The number of aryl methyl sites for hydroxylation is 1. The number of ether oxygens (including phenoxy) is 3. The first-order valence-electron chi connectivity index (χ1n) is 9.97. The van der Waals surface area contributed by atoms with Crippen LogP contribution in [-0.4, -0.2) is 46.4 Å². The lowest BCUT2D eigenvalue weighted by Gasteiger charge is -2.17. The molecule has 2 N–H and O–H groups in total. The smallest absolute Gasteiger partial charge is 0.220 e. The van der Waals surface area contributed by atoms with Crippen LogP contribution in [-0.2, 0) is 11.2 Å². The molecule has 1 saturated carbocycles. The number of nitrogens with one attached hydrogen (secondary N) is 2. The molecule has 7 heteroatoms. The summed E-state index contributed by atoms with van der Waals surface area (Å²) in [6.07, 6.45) is 8.86. The highest BCUT2D eigenvalue weighted by atomic mass is 35.5. The number of hydrogen-bond acceptors (Lipinski definition) is 5. The third-order valence-corrected chi connectivity index (χ3v) is 5.14. The minimum atomic E-state index is 0. The number of benzene rings is 1. The van der Waals surface area contributed by atoms with E-state index in [0.29, 0.717) is 42.7 Å². The number of halogens is 1. The Morgan fingerprint density at radius 1 is 0.964 bits per heavy atom. The minimum Gasteiger partial charge on any atom is -0.493 e. The van der Waals surface area contributed by atoms with E-state index in [4.69, 9.17) is 14.2 Å². The van der Waals surface area contributed by atoms with Crippen LogP contribution in [0.2, 0.25) is 0 Å². The normalized spacial score (nSPS) is 14.5. The van der Waals surface area contributed by atoms with Crippen molar-refractivity contribution in [3.8, 4) is 17.2 Å². The highest BCUT2D eigenvalue weighted by molar-refractivity contribution is 5.85. The van der Waals surface area contributed by atoms with Gasteiger partial charge in [-0.25, -0.2) is 0 Å². The predicted molar refractivity (Wildman–Crippen MR) is 114 cm³/mol. The molecule has 160 valence electrons. The standard InChI is InChI=1S/C21H34N2O4.ClH/c1-25-18-12-10-16(20(26-2)21(18)27-3)11-13-19(24)23-15-14-22-17-8-6-4-5-7-9-17;/h10,12,17,22H,4-9,11,13-15H2,1-3H3,(H,23,24);1H. The Morgan fingerprint density at radius 2 is 1.64 bits per heavy atom. The van der Waals surface area contributed by atoms with Gasteiger partial charge in [0.2, 0.25) is 11.7 Å². The van der Waals surface area contributed by atoms with E-state index in [-0.39, 0.29) is 18.3 Å². The second-order valence-corrected chi connectivity index (χ2v) is 6.99. The minimum absolute atomic E-state index is 0. The van der Waals surface area contributed by atoms with Crippen molar-refractivity contribution < 1.29 is 19.0 Å². The van der Waals surface area contributed by atoms with Crippen LogP contribution in [0, 0.1) is 0 Å². The summed E-state index contributed by atoms with van der Waals surface area (Å²) in [5.74, 6) is 1.85. The Balaban J connectivity index is 0.00000392. The molecule has 0 spiro atoms. The zero-order valence-corrected chi connectivity index (χ0v) is 18.2. The second kappa shape index (κ2) is 13.5. The molecular weight excluding hydrogens is 380 g/mol. The summed E-state index contributed by atoms with van der Waals surface area (Å²) in [6.45, 7) is 1.49. The average molecular weight is 415 g/mol. The van der Waals surface area contributed by atoms with Crippen LogP contribution in [0.1, 0.15) is 50.5 Å². The van der Waals surface area contributed by atoms with Crippen LogP contribution in [0.4, 0.5) is 0 Å². The van der Waals surface area contributed by atoms with E-state index in [1.807, 2.05) is 12.1 Å². The number of carbonyl (C=O) groups is 1. The van der Waals surface area contributed by atoms with Crippen molar-refractivity contribution in [1.29, 1.82) is 0 Å². The predicted octanol–water partition coefficient (Wildman–Crippen LogP) is 3.50. The van der Waals surface area contributed by atoms with E-state index in [1.165, 1.54) is 38.5 Å². The van der Waals surface area contributed by atoms with Crippen LogP contribution in [0.3, 0.4) is 0 Å². The van der Waals surface area contributed by atoms with Crippen molar-refractivity contribution in [3.05, 3.63) is 17.7 Å². The van der Waals surface area contributed by atoms with Gasteiger partial charge in [-0.05, 0) is 30.9 Å². The molecule has 2 rings (SSSR count). The van der Waals surface area contributed by atoms with Crippen LogP contribution >= 0.6 is 12.4 Å². The van der Waals surface area contributed by atoms with Crippen molar-refractivity contribution >= 4 is 18.3 Å². The highest BCUT2D eigenvalue weighted by Crippen LogP contribution is 2.40. The maximum absolute atomic E-state index is 12.2. The first-order valence-corrected chi connectivity index (χ1v) is 9.97. The van der Waals surface area contributed by atoms with Crippen molar-refractivity contribution in [2.45, 2.75) is 57.4 Å². The Morgan fingerprint density at radius 3 is 2.25 bits per heavy atom. The maximum Gasteiger partial charge on any atom is 0.220 e. The molecule has 0 aromatic heterocycles. The molecular formula is C21H35ClN2O4. The van der Waals surface area contributed by atoms with E-state index in [0.717, 1.165) is 12.1 Å². The molecule has 28 heavy (non-hydrogen) atoms. The topological polar surface area (TPSA) is 68.8 Å². The Kier molecular flexibility index (Phi) is 11.8. The number of rotatable bonds is 10. The quantitative estimate of drug-likeness (QED) is 0.453. The summed E-state index contributed by atoms with van der Waals surface area (Å²) >= 11 is 0. The third kappa shape index (κ3) is 7.40. The summed E-state index contributed by atoms with van der Waals surface area (Å²) in [7, 11) is 4.77. The molecule has 1 aromatic rings. The maximum atomic E-state index is 12.2. The summed E-state index contributed by atoms with van der Waals surface area (Å²) < 4.78 is 16.2. The van der Waals surface area contributed by atoms with Gasteiger partial charge < -0.3 is 24.8 Å². The number of carbonyl (C=O) groups excluding carboxylic acids is 1. The highest BCUT2D eigenvalue weighted by Gasteiger charge is 2.16. The molecule has 1 aromatic carbocycles. The third-order valence-electron chi connectivity index (χ3n) is 5.14. The number of amides is 1. The zero-order valence-electron chi connectivity index (χ0n) is 17.3. The van der Waals surface area contributed by atoms with Crippen LogP contribution in [0.5, 0.6) is 17.2 Å². The molecule has 1 aliphatic rings. The molecule has 1 amide bonds. The van der Waals surface area contributed by atoms with E-state index >= 15 is 0 Å². The van der Waals surface area contributed by atoms with Gasteiger partial charge in [0.05, 0.1) is 21.3 Å². The molecule has 0 heterocycles. The molecule has 0 radical (unpaired) electrons. The van der Waals surface area contributed by atoms with Gasteiger partial charge in [-0.1, -0.05) is 31.7 Å². The molecule has 0 atom stereocenters. The van der Waals surface area contributed by atoms with Gasteiger partial charge in [-0.15, -0.1) is 12.4 Å². The van der Waals surface area contributed by atoms with Crippen molar-refractivity contribution in [1.82, 2.24) is 10.6 Å². The van der Waals surface area contributed by atoms with Crippen LogP contribution in [0.15, 0.2) is 12.1 Å². The fourth-order valence-corrected chi connectivity index (χ4v) is 3.66. The van der Waals surface area contributed by atoms with Crippen molar-refractivity contribution in [2.75, 3.05) is 34.4 Å². The lowest BCUT2D eigenvalue weighted by atomic mass is 10.1. The van der Waals surface area contributed by atoms with E-state index in [2.05, 4.69) is 10.6 Å². The molecule has 6 nitrogen and oxygen atoms in total. The van der Waals surface area contributed by atoms with Gasteiger partial charge in [0.15, 0.2) is 11.5 Å². The first kappa shape index (κ1) is 24.4. The molecule has 1 aliphatic carbocycles. The Labute approximate surface area is 175 Å². The van der Waals surface area contributed by atoms with E-state index in [9.17, 15) is 4.79 Å². The van der Waals surface area contributed by atoms with Gasteiger partial charge >= 0.3 is 0 Å². The van der Waals surface area contributed by atoms with Crippen LogP contribution in [0.25, 0.3) is 0 Å². The molecule has 0 aliphatic heterocycles. The lowest BCUT2D eigenvalue weighted by molar-refractivity contribution is -0.121. The second-order valence-electron chi connectivity index (χ2n) is 6.99. The number of hydrogen-bond donors (Lipinski definition) is 2. The van der Waals surface area contributed by atoms with Gasteiger partial charge in [0, 0.05) is 25.6 Å². The molecule has 0 unspecified atom stereocenters. The molecule has 0 saturated heterocycles. The van der Waals surface area contributed by atoms with Gasteiger partial charge in [0.1, 0.15) is 0 Å². The lowest BCUT2D eigenvalue weighted by Crippen LogP contribution is -2.36. The summed E-state index contributed by atoms with van der Waals surface area (Å²) in [5, 5.41) is 6.57. The first-order chi connectivity index (χ1) is 13.2. The fraction of sp³-hybridized carbons (Fsp3) is 0.667. The Bertz CT molecular complexity index is 590. The van der Waals surface area contributed by atoms with E-state index in [1.54, 1.807) is 21.3 Å². The van der Waals surface area contributed by atoms with E-state index < -0.39 is 0 Å². The van der Waals surface area contributed by atoms with Crippen LogP contribution < -0.4 is 24.8 Å². The van der Waals surface area contributed by atoms with Crippen molar-refractivity contribution in [3.63, 3.8) is 0 Å². The average Bonchev–Trinajstić information content (AvgIpc) is 2.97. The van der Waals surface area contributed by atoms with Gasteiger partial charge in [-0.3, -0.25) is 4.79 Å². The number of methoxy groups -OCH3 is 3. The zero-order chi connectivity index (χ0) is 19.5. The van der Waals surface area contributed by atoms with Gasteiger partial charge in [0.25, 0.3) is 0 Å². The summed E-state index contributed by atoms with van der Waals surface area (Å²) in [6, 6.07) is 4.37.